The monoisotopic (exact) mass is 289 g/mol. The van der Waals surface area contributed by atoms with Gasteiger partial charge >= 0.3 is 0 Å². The maximum atomic E-state index is 6.26. The normalized spacial score (nSPS) is 10.8. The summed E-state index contributed by atoms with van der Waals surface area (Å²) in [5.41, 5.74) is 3.39. The van der Waals surface area contributed by atoms with E-state index >= 15 is 0 Å². The van der Waals surface area contributed by atoms with E-state index in [0.717, 1.165) is 34.0 Å². The third-order valence-electron chi connectivity index (χ3n) is 3.15. The van der Waals surface area contributed by atoms with Gasteiger partial charge in [0.05, 0.1) is 7.11 Å². The topological polar surface area (TPSA) is 21.3 Å². The van der Waals surface area contributed by atoms with E-state index in [1.165, 1.54) is 0 Å². The Morgan fingerprint density at radius 3 is 2.55 bits per heavy atom. The summed E-state index contributed by atoms with van der Waals surface area (Å²) in [6.45, 7) is 5.02. The van der Waals surface area contributed by atoms with Gasteiger partial charge in [-0.05, 0) is 41.0 Å². The molecule has 3 heteroatoms. The minimum absolute atomic E-state index is 0.437. The lowest BCUT2D eigenvalue weighted by Gasteiger charge is -2.12. The first-order valence-electron chi connectivity index (χ1n) is 6.76. The largest absolute Gasteiger partial charge is 0.497 e. The van der Waals surface area contributed by atoms with Gasteiger partial charge in [-0.3, -0.25) is 0 Å². The van der Waals surface area contributed by atoms with Gasteiger partial charge in [0.15, 0.2) is 0 Å². The lowest BCUT2D eigenvalue weighted by Crippen LogP contribution is -2.21. The van der Waals surface area contributed by atoms with Gasteiger partial charge in [-0.2, -0.15) is 0 Å². The molecule has 1 N–H and O–H groups in total. The van der Waals surface area contributed by atoms with Gasteiger partial charge in [-0.25, -0.2) is 0 Å². The quantitative estimate of drug-likeness (QED) is 0.874. The molecule has 0 aliphatic carbocycles. The molecule has 0 aliphatic rings. The summed E-state index contributed by atoms with van der Waals surface area (Å²) < 4.78 is 5.27. The Morgan fingerprint density at radius 1 is 1.10 bits per heavy atom. The van der Waals surface area contributed by atoms with Crippen LogP contribution in [0.5, 0.6) is 5.75 Å². The molecule has 0 atom stereocenters. The van der Waals surface area contributed by atoms with Crippen molar-refractivity contribution in [1.29, 1.82) is 0 Å². The molecule has 0 fully saturated rings. The van der Waals surface area contributed by atoms with Crippen LogP contribution in [0.2, 0.25) is 5.02 Å². The zero-order chi connectivity index (χ0) is 14.5. The van der Waals surface area contributed by atoms with Crippen LogP contribution in [0.1, 0.15) is 19.4 Å². The lowest BCUT2D eigenvalue weighted by molar-refractivity contribution is 0.415. The molecule has 0 saturated heterocycles. The minimum Gasteiger partial charge on any atom is -0.497 e. The van der Waals surface area contributed by atoms with Crippen LogP contribution in [0.3, 0.4) is 0 Å². The highest BCUT2D eigenvalue weighted by Gasteiger charge is 2.05. The van der Waals surface area contributed by atoms with Crippen molar-refractivity contribution >= 4 is 11.6 Å². The van der Waals surface area contributed by atoms with Crippen molar-refractivity contribution in [3.8, 4) is 16.9 Å². The van der Waals surface area contributed by atoms with Crippen LogP contribution in [0.25, 0.3) is 11.1 Å². The molecule has 0 unspecified atom stereocenters. The summed E-state index contributed by atoms with van der Waals surface area (Å²) in [7, 11) is 1.68. The average molecular weight is 290 g/mol. The molecule has 0 aliphatic heterocycles. The number of benzene rings is 2. The summed E-state index contributed by atoms with van der Waals surface area (Å²) in [5.74, 6) is 0.860. The number of nitrogens with one attached hydrogen (secondary N) is 1. The number of ether oxygens (including phenoxy) is 1. The van der Waals surface area contributed by atoms with Gasteiger partial charge in [0.1, 0.15) is 5.75 Å². The van der Waals surface area contributed by atoms with Gasteiger partial charge in [-0.15, -0.1) is 0 Å². The first kappa shape index (κ1) is 14.9. The van der Waals surface area contributed by atoms with E-state index < -0.39 is 0 Å². The van der Waals surface area contributed by atoms with Crippen LogP contribution in [-0.4, -0.2) is 13.2 Å². The fourth-order valence-electron chi connectivity index (χ4n) is 2.01. The van der Waals surface area contributed by atoms with Crippen molar-refractivity contribution in [2.24, 2.45) is 0 Å². The molecule has 0 aromatic heterocycles. The molecule has 2 nitrogen and oxygen atoms in total. The maximum absolute atomic E-state index is 6.26. The molecule has 2 aromatic carbocycles. The Hall–Kier alpha value is -1.51. The predicted molar refractivity (Wildman–Crippen MR) is 85.4 cm³/mol. The Kier molecular flexibility index (Phi) is 5.05. The number of hydrogen-bond donors (Lipinski definition) is 1. The standard InChI is InChI=1S/C17H20ClNO/c1-12(2)19-11-15-9-14(7-8-17(15)18)13-5-4-6-16(10-13)20-3/h4-10,12,19H,11H2,1-3H3. The molecule has 2 aromatic rings. The molecule has 0 heterocycles. The van der Waals surface area contributed by atoms with Gasteiger partial charge < -0.3 is 10.1 Å². The third kappa shape index (κ3) is 3.75. The second-order valence-corrected chi connectivity index (χ2v) is 5.48. The second kappa shape index (κ2) is 6.78. The summed E-state index contributed by atoms with van der Waals surface area (Å²) in [6, 6.07) is 14.6. The van der Waals surface area contributed by atoms with Crippen LogP contribution in [0.15, 0.2) is 42.5 Å². The lowest BCUT2D eigenvalue weighted by atomic mass is 10.0. The molecule has 2 rings (SSSR count). The molecule has 0 amide bonds. The Labute approximate surface area is 125 Å². The second-order valence-electron chi connectivity index (χ2n) is 5.07. The van der Waals surface area contributed by atoms with E-state index in [4.69, 9.17) is 16.3 Å². The summed E-state index contributed by atoms with van der Waals surface area (Å²) in [4.78, 5) is 0. The van der Waals surface area contributed by atoms with Gasteiger partial charge in [0, 0.05) is 17.6 Å². The van der Waals surface area contributed by atoms with E-state index in [9.17, 15) is 0 Å². The first-order valence-corrected chi connectivity index (χ1v) is 7.14. The summed E-state index contributed by atoms with van der Waals surface area (Å²) in [6.07, 6.45) is 0. The zero-order valence-corrected chi connectivity index (χ0v) is 12.9. The van der Waals surface area contributed by atoms with Crippen LogP contribution in [-0.2, 0) is 6.54 Å². The molecule has 0 radical (unpaired) electrons. The summed E-state index contributed by atoms with van der Waals surface area (Å²) >= 11 is 6.26. The fourth-order valence-corrected chi connectivity index (χ4v) is 2.19. The van der Waals surface area contributed by atoms with Crippen molar-refractivity contribution < 1.29 is 4.74 Å². The van der Waals surface area contributed by atoms with Crippen molar-refractivity contribution in [2.75, 3.05) is 7.11 Å². The Bertz CT molecular complexity index is 581. The Morgan fingerprint density at radius 2 is 1.85 bits per heavy atom. The van der Waals surface area contributed by atoms with Crippen LogP contribution in [0.4, 0.5) is 0 Å². The van der Waals surface area contributed by atoms with E-state index in [-0.39, 0.29) is 0 Å². The molecule has 0 saturated carbocycles. The highest BCUT2D eigenvalue weighted by Crippen LogP contribution is 2.27. The van der Waals surface area contributed by atoms with Crippen LogP contribution >= 0.6 is 11.6 Å². The molecular weight excluding hydrogens is 270 g/mol. The minimum atomic E-state index is 0.437. The van der Waals surface area contributed by atoms with Gasteiger partial charge in [-0.1, -0.05) is 43.6 Å². The fraction of sp³-hybridized carbons (Fsp3) is 0.294. The zero-order valence-electron chi connectivity index (χ0n) is 12.1. The van der Waals surface area contributed by atoms with Crippen molar-refractivity contribution in [3.63, 3.8) is 0 Å². The number of methoxy groups -OCH3 is 1. The number of hydrogen-bond acceptors (Lipinski definition) is 2. The van der Waals surface area contributed by atoms with E-state index in [1.54, 1.807) is 7.11 Å². The average Bonchev–Trinajstić information content (AvgIpc) is 2.46. The smallest absolute Gasteiger partial charge is 0.119 e. The van der Waals surface area contributed by atoms with Crippen molar-refractivity contribution in [3.05, 3.63) is 53.1 Å². The molecule has 20 heavy (non-hydrogen) atoms. The van der Waals surface area contributed by atoms with E-state index in [1.807, 2.05) is 30.3 Å². The first-order chi connectivity index (χ1) is 9.60. The molecular formula is C17H20ClNO. The third-order valence-corrected chi connectivity index (χ3v) is 3.52. The predicted octanol–water partition coefficient (Wildman–Crippen LogP) is 4.51. The van der Waals surface area contributed by atoms with Gasteiger partial charge in [0.25, 0.3) is 0 Å². The molecule has 0 spiro atoms. The SMILES string of the molecule is COc1cccc(-c2ccc(Cl)c(CNC(C)C)c2)c1. The highest BCUT2D eigenvalue weighted by atomic mass is 35.5. The Balaban J connectivity index is 2.30. The van der Waals surface area contributed by atoms with E-state index in [2.05, 4.69) is 31.3 Å². The van der Waals surface area contributed by atoms with Gasteiger partial charge in [0.2, 0.25) is 0 Å². The highest BCUT2D eigenvalue weighted by molar-refractivity contribution is 6.31. The molecule has 106 valence electrons. The van der Waals surface area contributed by atoms with Crippen molar-refractivity contribution in [2.45, 2.75) is 26.4 Å². The number of rotatable bonds is 5. The van der Waals surface area contributed by atoms with Crippen LogP contribution in [0, 0.1) is 0 Å². The number of halogens is 1. The summed E-state index contributed by atoms with van der Waals surface area (Å²) in [5, 5.41) is 4.19. The van der Waals surface area contributed by atoms with E-state index in [0.29, 0.717) is 6.04 Å². The van der Waals surface area contributed by atoms with Crippen molar-refractivity contribution in [1.82, 2.24) is 5.32 Å². The maximum Gasteiger partial charge on any atom is 0.119 e. The molecule has 0 bridgehead atoms. The van der Waals surface area contributed by atoms with Crippen LogP contribution < -0.4 is 10.1 Å².